The van der Waals surface area contributed by atoms with Gasteiger partial charge >= 0.3 is 0 Å². The van der Waals surface area contributed by atoms with E-state index in [1.807, 2.05) is 0 Å². The Morgan fingerprint density at radius 3 is 2.54 bits per heavy atom. The van der Waals surface area contributed by atoms with Crippen LogP contribution in [0.15, 0.2) is 41.2 Å². The van der Waals surface area contributed by atoms with E-state index < -0.39 is 10.0 Å². The lowest BCUT2D eigenvalue weighted by Gasteiger charge is -2.32. The Hall–Kier alpha value is -1.54. The minimum Gasteiger partial charge on any atom is -0.472 e. The monoisotopic (exact) mass is 416 g/mol. The molecule has 0 aliphatic carbocycles. The van der Waals surface area contributed by atoms with Crippen molar-refractivity contribution in [1.82, 2.24) is 9.62 Å². The summed E-state index contributed by atoms with van der Waals surface area (Å²) < 4.78 is 32.4. The fourth-order valence-electron chi connectivity index (χ4n) is 2.91. The highest BCUT2D eigenvalue weighted by atomic mass is 35.5. The molecule has 0 unspecified atom stereocenters. The third kappa shape index (κ3) is 4.79. The summed E-state index contributed by atoms with van der Waals surface area (Å²) in [7, 11) is -3.51. The van der Waals surface area contributed by atoms with Crippen molar-refractivity contribution in [3.05, 3.63) is 58.0 Å². The molecule has 2 aromatic rings. The van der Waals surface area contributed by atoms with Crippen LogP contribution in [0.4, 0.5) is 0 Å². The average Bonchev–Trinajstić information content (AvgIpc) is 3.12. The van der Waals surface area contributed by atoms with Gasteiger partial charge in [-0.1, -0.05) is 29.3 Å². The maximum atomic E-state index is 12.4. The first-order chi connectivity index (χ1) is 12.3. The van der Waals surface area contributed by atoms with Gasteiger partial charge in [0.05, 0.1) is 27.6 Å². The van der Waals surface area contributed by atoms with Gasteiger partial charge < -0.3 is 9.32 Å². The van der Waals surface area contributed by atoms with Crippen molar-refractivity contribution in [3.8, 4) is 0 Å². The Morgan fingerprint density at radius 1 is 1.19 bits per heavy atom. The zero-order valence-electron chi connectivity index (χ0n) is 13.8. The van der Waals surface area contributed by atoms with E-state index in [4.69, 9.17) is 27.6 Å². The molecular formula is C17H18Cl2N2O4S. The molecule has 140 valence electrons. The van der Waals surface area contributed by atoms with Crippen LogP contribution in [0, 0.1) is 0 Å². The molecule has 0 spiro atoms. The maximum Gasteiger partial charge on any atom is 0.257 e. The van der Waals surface area contributed by atoms with Gasteiger partial charge in [0.15, 0.2) is 0 Å². The summed E-state index contributed by atoms with van der Waals surface area (Å²) >= 11 is 11.8. The molecule has 1 aliphatic heterocycles. The van der Waals surface area contributed by atoms with Crippen molar-refractivity contribution < 1.29 is 17.6 Å². The van der Waals surface area contributed by atoms with Gasteiger partial charge in [0, 0.05) is 19.1 Å². The van der Waals surface area contributed by atoms with Gasteiger partial charge in [-0.3, -0.25) is 4.79 Å². The van der Waals surface area contributed by atoms with Crippen LogP contribution in [0.3, 0.4) is 0 Å². The van der Waals surface area contributed by atoms with Crippen LogP contribution in [0.5, 0.6) is 0 Å². The number of amides is 1. The van der Waals surface area contributed by atoms with E-state index in [2.05, 4.69) is 4.72 Å². The second-order valence-electron chi connectivity index (χ2n) is 6.20. The molecule has 0 radical (unpaired) electrons. The Bertz CT molecular complexity index is 876. The second-order valence-corrected chi connectivity index (χ2v) is 8.77. The zero-order valence-corrected chi connectivity index (χ0v) is 16.1. The predicted molar refractivity (Wildman–Crippen MR) is 99.9 cm³/mol. The van der Waals surface area contributed by atoms with Crippen LogP contribution in [0.25, 0.3) is 0 Å². The highest BCUT2D eigenvalue weighted by Gasteiger charge is 2.27. The van der Waals surface area contributed by atoms with E-state index in [-0.39, 0.29) is 17.7 Å². The number of nitrogens with zero attached hydrogens (tertiary/aromatic N) is 1. The SMILES string of the molecule is O=C(c1ccoc1)N1CCC(NS(=O)(=O)Cc2ccc(Cl)c(Cl)c2)CC1. The smallest absolute Gasteiger partial charge is 0.257 e. The van der Waals surface area contributed by atoms with Crippen LogP contribution in [0.2, 0.25) is 10.0 Å². The van der Waals surface area contributed by atoms with Crippen LogP contribution in [-0.4, -0.2) is 38.4 Å². The number of piperidine rings is 1. The number of furan rings is 1. The third-order valence-electron chi connectivity index (χ3n) is 4.24. The van der Waals surface area contributed by atoms with Gasteiger partial charge in [-0.2, -0.15) is 0 Å². The molecule has 1 aromatic heterocycles. The molecule has 0 bridgehead atoms. The van der Waals surface area contributed by atoms with Crippen molar-refractivity contribution in [3.63, 3.8) is 0 Å². The standard InChI is InChI=1S/C17H18Cl2N2O4S/c18-15-2-1-12(9-16(15)19)11-26(23,24)20-14-3-6-21(7-4-14)17(22)13-5-8-25-10-13/h1-2,5,8-10,14,20H,3-4,6-7,11H2. The maximum absolute atomic E-state index is 12.4. The number of nitrogens with one attached hydrogen (secondary N) is 1. The van der Waals surface area contributed by atoms with Crippen molar-refractivity contribution in [1.29, 1.82) is 0 Å². The molecule has 1 N–H and O–H groups in total. The lowest BCUT2D eigenvalue weighted by molar-refractivity contribution is 0.0710. The van der Waals surface area contributed by atoms with Gasteiger partial charge in [-0.05, 0) is 36.6 Å². The second kappa shape index (κ2) is 8.00. The van der Waals surface area contributed by atoms with E-state index >= 15 is 0 Å². The summed E-state index contributed by atoms with van der Waals surface area (Å²) in [6.07, 6.45) is 3.99. The lowest BCUT2D eigenvalue weighted by Crippen LogP contribution is -2.46. The summed E-state index contributed by atoms with van der Waals surface area (Å²) in [4.78, 5) is 14.0. The largest absolute Gasteiger partial charge is 0.472 e. The molecule has 1 aromatic carbocycles. The first-order valence-corrected chi connectivity index (χ1v) is 10.5. The molecular weight excluding hydrogens is 399 g/mol. The number of likely N-dealkylation sites (tertiary alicyclic amines) is 1. The molecule has 1 fully saturated rings. The van der Waals surface area contributed by atoms with Gasteiger partial charge in [-0.15, -0.1) is 0 Å². The van der Waals surface area contributed by atoms with E-state index in [1.165, 1.54) is 12.5 Å². The lowest BCUT2D eigenvalue weighted by atomic mass is 10.1. The van der Waals surface area contributed by atoms with Crippen LogP contribution in [0.1, 0.15) is 28.8 Å². The predicted octanol–water partition coefficient (Wildman–Crippen LogP) is 3.31. The molecule has 3 rings (SSSR count). The number of benzene rings is 1. The average molecular weight is 417 g/mol. The van der Waals surface area contributed by atoms with Crippen molar-refractivity contribution >= 4 is 39.1 Å². The van der Waals surface area contributed by atoms with E-state index in [0.29, 0.717) is 47.1 Å². The van der Waals surface area contributed by atoms with Crippen molar-refractivity contribution in [2.45, 2.75) is 24.6 Å². The normalized spacial score (nSPS) is 16.0. The van der Waals surface area contributed by atoms with Crippen LogP contribution in [-0.2, 0) is 15.8 Å². The van der Waals surface area contributed by atoms with Crippen LogP contribution >= 0.6 is 23.2 Å². The van der Waals surface area contributed by atoms with Gasteiger partial charge in [0.25, 0.3) is 5.91 Å². The number of sulfonamides is 1. The minimum atomic E-state index is -3.51. The zero-order chi connectivity index (χ0) is 18.7. The number of hydrogen-bond donors (Lipinski definition) is 1. The number of halogens is 2. The Morgan fingerprint density at radius 2 is 1.92 bits per heavy atom. The molecule has 2 heterocycles. The van der Waals surface area contributed by atoms with Crippen molar-refractivity contribution in [2.75, 3.05) is 13.1 Å². The first kappa shape index (κ1) is 19.2. The van der Waals surface area contributed by atoms with Gasteiger partial charge in [-0.25, -0.2) is 13.1 Å². The molecule has 1 saturated heterocycles. The molecule has 1 aliphatic rings. The Labute approximate surface area is 162 Å². The Balaban J connectivity index is 1.54. The van der Waals surface area contributed by atoms with E-state index in [9.17, 15) is 13.2 Å². The topological polar surface area (TPSA) is 79.6 Å². The third-order valence-corrected chi connectivity index (χ3v) is 6.38. The first-order valence-electron chi connectivity index (χ1n) is 8.09. The molecule has 0 atom stereocenters. The van der Waals surface area contributed by atoms with Gasteiger partial charge in [0.2, 0.25) is 10.0 Å². The Kier molecular flexibility index (Phi) is 5.92. The van der Waals surface area contributed by atoms with Crippen molar-refractivity contribution in [2.24, 2.45) is 0 Å². The molecule has 0 saturated carbocycles. The highest BCUT2D eigenvalue weighted by Crippen LogP contribution is 2.23. The minimum absolute atomic E-state index is 0.101. The number of carbonyl (C=O) groups is 1. The molecule has 1 amide bonds. The number of rotatable bonds is 5. The number of carbonyl (C=O) groups excluding carboxylic acids is 1. The quantitative estimate of drug-likeness (QED) is 0.810. The molecule has 26 heavy (non-hydrogen) atoms. The fraction of sp³-hybridized carbons (Fsp3) is 0.353. The highest BCUT2D eigenvalue weighted by molar-refractivity contribution is 7.88. The molecule has 9 heteroatoms. The summed E-state index contributed by atoms with van der Waals surface area (Å²) in [6.45, 7) is 0.980. The fourth-order valence-corrected chi connectivity index (χ4v) is 4.68. The summed E-state index contributed by atoms with van der Waals surface area (Å²) in [5, 5.41) is 0.709. The molecule has 6 nitrogen and oxygen atoms in total. The van der Waals surface area contributed by atoms with Crippen LogP contribution < -0.4 is 4.72 Å². The van der Waals surface area contributed by atoms with Gasteiger partial charge in [0.1, 0.15) is 6.26 Å². The summed E-state index contributed by atoms with van der Waals surface area (Å²) in [6, 6.07) is 6.19. The number of hydrogen-bond acceptors (Lipinski definition) is 4. The van der Waals surface area contributed by atoms with E-state index in [1.54, 1.807) is 29.2 Å². The summed E-state index contributed by atoms with van der Waals surface area (Å²) in [5.74, 6) is -0.270. The van der Waals surface area contributed by atoms with E-state index in [0.717, 1.165) is 0 Å². The summed E-state index contributed by atoms with van der Waals surface area (Å²) in [5.41, 5.74) is 1.07.